The highest BCUT2D eigenvalue weighted by atomic mass is 79.9. The van der Waals surface area contributed by atoms with Gasteiger partial charge in [-0.05, 0) is 33.6 Å². The zero-order valence-corrected chi connectivity index (χ0v) is 9.85. The molecule has 0 bridgehead atoms. The molecule has 1 aromatic carbocycles. The number of hydrogen-bond donors (Lipinski definition) is 2. The molecule has 0 saturated heterocycles. The summed E-state index contributed by atoms with van der Waals surface area (Å²) in [6.45, 7) is 0. The van der Waals surface area contributed by atoms with E-state index in [2.05, 4.69) is 15.9 Å². The first-order valence-electron chi connectivity index (χ1n) is 4.03. The van der Waals surface area contributed by atoms with Crippen LogP contribution in [-0.2, 0) is 4.79 Å². The Labute approximate surface area is 99.2 Å². The van der Waals surface area contributed by atoms with Gasteiger partial charge in [-0.3, -0.25) is 4.79 Å². The summed E-state index contributed by atoms with van der Waals surface area (Å²) < 4.78 is 13.5. The molecule has 6 heteroatoms. The highest BCUT2D eigenvalue weighted by Crippen LogP contribution is 2.29. The molecule has 82 valence electrons. The number of carboxylic acids is 1. The van der Waals surface area contributed by atoms with Gasteiger partial charge in [-0.15, -0.1) is 0 Å². The fraction of sp³-hybridized carbons (Fsp3) is 0.222. The molecule has 3 N–H and O–H groups in total. The molecule has 0 aromatic heterocycles. The van der Waals surface area contributed by atoms with Crippen molar-refractivity contribution in [1.29, 1.82) is 0 Å². The Balaban J connectivity index is 3.00. The summed E-state index contributed by atoms with van der Waals surface area (Å²) in [5.74, 6) is -1.66. The topological polar surface area (TPSA) is 63.3 Å². The van der Waals surface area contributed by atoms with Gasteiger partial charge in [0, 0.05) is 10.5 Å². The van der Waals surface area contributed by atoms with Crippen molar-refractivity contribution < 1.29 is 14.3 Å². The largest absolute Gasteiger partial charge is 0.481 e. The normalized spacial score (nSPS) is 12.5. The van der Waals surface area contributed by atoms with E-state index in [-0.39, 0.29) is 11.4 Å². The van der Waals surface area contributed by atoms with Crippen LogP contribution in [0.4, 0.5) is 4.39 Å². The van der Waals surface area contributed by atoms with Gasteiger partial charge in [-0.25, -0.2) is 4.39 Å². The highest BCUT2D eigenvalue weighted by Gasteiger charge is 2.14. The van der Waals surface area contributed by atoms with E-state index in [0.717, 1.165) is 6.07 Å². The molecule has 0 saturated carbocycles. The average molecular weight is 297 g/mol. The lowest BCUT2D eigenvalue weighted by Gasteiger charge is -2.10. The molecule has 1 rings (SSSR count). The molecule has 3 nitrogen and oxygen atoms in total. The summed E-state index contributed by atoms with van der Waals surface area (Å²) in [7, 11) is 0. The van der Waals surface area contributed by atoms with E-state index in [1.165, 1.54) is 6.07 Å². The first kappa shape index (κ1) is 12.4. The molecule has 0 radical (unpaired) electrons. The van der Waals surface area contributed by atoms with E-state index in [4.69, 9.17) is 22.4 Å². The van der Waals surface area contributed by atoms with Crippen molar-refractivity contribution in [3.05, 3.63) is 33.0 Å². The minimum atomic E-state index is -1.03. The van der Waals surface area contributed by atoms with Gasteiger partial charge in [-0.2, -0.15) is 0 Å². The maximum atomic E-state index is 13.2. The fourth-order valence-corrected chi connectivity index (χ4v) is 1.66. The van der Waals surface area contributed by atoms with Gasteiger partial charge in [0.15, 0.2) is 0 Å². The smallest absolute Gasteiger partial charge is 0.305 e. The molecule has 0 aliphatic heterocycles. The number of carbonyl (C=O) groups is 1. The maximum Gasteiger partial charge on any atom is 0.305 e. The van der Waals surface area contributed by atoms with Crippen LogP contribution < -0.4 is 5.73 Å². The third kappa shape index (κ3) is 3.15. The summed E-state index contributed by atoms with van der Waals surface area (Å²) in [5, 5.41) is 8.49. The number of aliphatic carboxylic acids is 1. The molecule has 15 heavy (non-hydrogen) atoms. The van der Waals surface area contributed by atoms with Gasteiger partial charge >= 0.3 is 5.97 Å². The molecule has 1 aromatic rings. The molecule has 0 aliphatic rings. The molecule has 1 atom stereocenters. The van der Waals surface area contributed by atoms with Crippen molar-refractivity contribution >= 4 is 33.5 Å². The zero-order valence-electron chi connectivity index (χ0n) is 7.51. The van der Waals surface area contributed by atoms with Gasteiger partial charge in [-0.1, -0.05) is 11.6 Å². The van der Waals surface area contributed by atoms with Crippen molar-refractivity contribution in [2.45, 2.75) is 12.5 Å². The average Bonchev–Trinajstić information content (AvgIpc) is 2.12. The number of hydrogen-bond acceptors (Lipinski definition) is 2. The molecular formula is C9H8BrClFNO2. The number of carboxylic acid groups (broad SMARTS) is 1. The van der Waals surface area contributed by atoms with E-state index in [0.29, 0.717) is 10.0 Å². The zero-order chi connectivity index (χ0) is 11.6. The second-order valence-electron chi connectivity index (χ2n) is 3.00. The molecule has 1 unspecified atom stereocenters. The van der Waals surface area contributed by atoms with Crippen LogP contribution in [0.2, 0.25) is 5.02 Å². The lowest BCUT2D eigenvalue weighted by atomic mass is 10.0. The minimum Gasteiger partial charge on any atom is -0.481 e. The molecule has 0 heterocycles. The van der Waals surface area contributed by atoms with Crippen LogP contribution in [0.3, 0.4) is 0 Å². The number of nitrogens with two attached hydrogens (primary N) is 1. The number of halogens is 3. The Hall–Kier alpha value is -0.650. The quantitative estimate of drug-likeness (QED) is 0.843. The Bertz CT molecular complexity index is 377. The monoisotopic (exact) mass is 295 g/mol. The van der Waals surface area contributed by atoms with Crippen molar-refractivity contribution in [2.75, 3.05) is 0 Å². The van der Waals surface area contributed by atoms with Crippen LogP contribution in [0.15, 0.2) is 16.6 Å². The summed E-state index contributed by atoms with van der Waals surface area (Å²) in [6.07, 6.45) is -0.256. The first-order valence-corrected chi connectivity index (χ1v) is 5.20. The molecule has 0 aliphatic carbocycles. The standard InChI is InChI=1S/C9H8BrClFNO2/c10-5-1-4(2-6(12)9(5)11)7(13)3-8(14)15/h1-2,7H,3,13H2,(H,14,15). The Morgan fingerprint density at radius 3 is 2.73 bits per heavy atom. The second-order valence-corrected chi connectivity index (χ2v) is 4.24. The Morgan fingerprint density at radius 1 is 1.67 bits per heavy atom. The molecule has 0 spiro atoms. The predicted molar refractivity (Wildman–Crippen MR) is 58.3 cm³/mol. The van der Waals surface area contributed by atoms with Crippen LogP contribution in [0.25, 0.3) is 0 Å². The number of rotatable bonds is 3. The van der Waals surface area contributed by atoms with Gasteiger partial charge in [0.2, 0.25) is 0 Å². The SMILES string of the molecule is NC(CC(=O)O)c1cc(F)c(Cl)c(Br)c1. The molecule has 0 amide bonds. The second kappa shape index (κ2) is 4.92. The third-order valence-corrected chi connectivity index (χ3v) is 3.07. The fourth-order valence-electron chi connectivity index (χ4n) is 1.10. The lowest BCUT2D eigenvalue weighted by molar-refractivity contribution is -0.137. The summed E-state index contributed by atoms with van der Waals surface area (Å²) in [5.41, 5.74) is 5.97. The third-order valence-electron chi connectivity index (χ3n) is 1.83. The Kier molecular flexibility index (Phi) is 4.07. The molecular weight excluding hydrogens is 288 g/mol. The van der Waals surface area contributed by atoms with Crippen LogP contribution in [-0.4, -0.2) is 11.1 Å². The summed E-state index contributed by atoms with van der Waals surface area (Å²) in [6, 6.07) is 1.91. The maximum absolute atomic E-state index is 13.2. The van der Waals surface area contributed by atoms with Gasteiger partial charge < -0.3 is 10.8 Å². The summed E-state index contributed by atoms with van der Waals surface area (Å²) in [4.78, 5) is 10.4. The number of benzene rings is 1. The lowest BCUT2D eigenvalue weighted by Crippen LogP contribution is -2.15. The van der Waals surface area contributed by atoms with Crippen molar-refractivity contribution in [2.24, 2.45) is 5.73 Å². The van der Waals surface area contributed by atoms with E-state index in [1.807, 2.05) is 0 Å². The van der Waals surface area contributed by atoms with E-state index >= 15 is 0 Å². The van der Waals surface area contributed by atoms with Gasteiger partial charge in [0.1, 0.15) is 5.82 Å². The predicted octanol–water partition coefficient (Wildman–Crippen LogP) is 2.72. The van der Waals surface area contributed by atoms with E-state index in [1.54, 1.807) is 0 Å². The van der Waals surface area contributed by atoms with Crippen LogP contribution in [0, 0.1) is 5.82 Å². The van der Waals surface area contributed by atoms with Crippen LogP contribution in [0.1, 0.15) is 18.0 Å². The van der Waals surface area contributed by atoms with Crippen molar-refractivity contribution in [3.63, 3.8) is 0 Å². The first-order chi connectivity index (χ1) is 6.91. The van der Waals surface area contributed by atoms with Gasteiger partial charge in [0.25, 0.3) is 0 Å². The van der Waals surface area contributed by atoms with Crippen LogP contribution >= 0.6 is 27.5 Å². The summed E-state index contributed by atoms with van der Waals surface area (Å²) >= 11 is 8.64. The minimum absolute atomic E-state index is 0.0405. The van der Waals surface area contributed by atoms with Crippen molar-refractivity contribution in [3.8, 4) is 0 Å². The van der Waals surface area contributed by atoms with Crippen molar-refractivity contribution in [1.82, 2.24) is 0 Å². The molecule has 0 fully saturated rings. The van der Waals surface area contributed by atoms with E-state index < -0.39 is 17.8 Å². The Morgan fingerprint density at radius 2 is 2.27 bits per heavy atom. The van der Waals surface area contributed by atoms with Gasteiger partial charge in [0.05, 0.1) is 11.4 Å². The van der Waals surface area contributed by atoms with Crippen LogP contribution in [0.5, 0.6) is 0 Å². The highest BCUT2D eigenvalue weighted by molar-refractivity contribution is 9.10. The van der Waals surface area contributed by atoms with E-state index in [9.17, 15) is 9.18 Å².